The fourth-order valence-corrected chi connectivity index (χ4v) is 3.75. The first-order valence-corrected chi connectivity index (χ1v) is 8.97. The summed E-state index contributed by atoms with van der Waals surface area (Å²) in [6.45, 7) is 1.43. The summed E-state index contributed by atoms with van der Waals surface area (Å²) < 4.78 is 0. The van der Waals surface area contributed by atoms with Gasteiger partial charge in [0.05, 0.1) is 13.1 Å². The van der Waals surface area contributed by atoms with Crippen molar-refractivity contribution in [3.8, 4) is 0 Å². The van der Waals surface area contributed by atoms with Gasteiger partial charge in [-0.2, -0.15) is 0 Å². The third kappa shape index (κ3) is 3.85. The summed E-state index contributed by atoms with van der Waals surface area (Å²) in [6, 6.07) is 3.94. The van der Waals surface area contributed by atoms with Crippen LogP contribution in [-0.4, -0.2) is 42.1 Å². The van der Waals surface area contributed by atoms with Crippen LogP contribution >= 0.6 is 22.7 Å². The molecular weight excluding hydrogens is 334 g/mol. The van der Waals surface area contributed by atoms with Crippen LogP contribution in [0.2, 0.25) is 0 Å². The zero-order valence-electron chi connectivity index (χ0n) is 12.7. The quantitative estimate of drug-likeness (QED) is 0.853. The second kappa shape index (κ2) is 7.05. The number of carbonyl (C=O) groups excluding carboxylic acids is 2. The van der Waals surface area contributed by atoms with E-state index in [0.717, 1.165) is 11.3 Å². The van der Waals surface area contributed by atoms with Crippen LogP contribution in [0.15, 0.2) is 17.5 Å². The van der Waals surface area contributed by atoms with E-state index >= 15 is 0 Å². The van der Waals surface area contributed by atoms with Crippen LogP contribution in [0.1, 0.15) is 17.7 Å². The minimum absolute atomic E-state index is 0.0742. The molecule has 1 N–H and O–H groups in total. The van der Waals surface area contributed by atoms with Gasteiger partial charge in [-0.15, -0.1) is 21.5 Å². The largest absolute Gasteiger partial charge is 0.350 e. The summed E-state index contributed by atoms with van der Waals surface area (Å²) in [6.07, 6.45) is 1.42. The molecule has 1 fully saturated rings. The van der Waals surface area contributed by atoms with E-state index < -0.39 is 0 Å². The maximum atomic E-state index is 12.0. The molecule has 0 unspecified atom stereocenters. The van der Waals surface area contributed by atoms with E-state index in [1.807, 2.05) is 17.5 Å². The second-order valence-corrected chi connectivity index (χ2v) is 7.19. The number of hydrogen-bond donors (Lipinski definition) is 1. The minimum atomic E-state index is -0.0742. The van der Waals surface area contributed by atoms with Gasteiger partial charge >= 0.3 is 0 Å². The lowest BCUT2D eigenvalue weighted by Gasteiger charge is -2.14. The van der Waals surface area contributed by atoms with Gasteiger partial charge in [0.25, 0.3) is 0 Å². The number of nitrogens with one attached hydrogen (secondary N) is 1. The summed E-state index contributed by atoms with van der Waals surface area (Å²) in [5.74, 6) is 0.0129. The minimum Gasteiger partial charge on any atom is -0.350 e. The van der Waals surface area contributed by atoms with Crippen LogP contribution in [0.3, 0.4) is 0 Å². The zero-order chi connectivity index (χ0) is 16.2. The molecule has 2 amide bonds. The first-order chi connectivity index (χ1) is 11.1. The average Bonchev–Trinajstić information content (AvgIpc) is 3.26. The Morgan fingerprint density at radius 3 is 3.04 bits per heavy atom. The van der Waals surface area contributed by atoms with Crippen LogP contribution in [0, 0.1) is 0 Å². The Balaban J connectivity index is 1.53. The Labute approximate surface area is 141 Å². The zero-order valence-corrected chi connectivity index (χ0v) is 14.3. The molecule has 23 heavy (non-hydrogen) atoms. The SMILES string of the molecule is CN(CC(=O)NCc1cccs1)c1nnc(N2CCCC2=O)s1. The number of anilines is 2. The Hall–Kier alpha value is -2.00. The highest BCUT2D eigenvalue weighted by molar-refractivity contribution is 7.19. The van der Waals surface area contributed by atoms with E-state index in [9.17, 15) is 9.59 Å². The van der Waals surface area contributed by atoms with E-state index in [4.69, 9.17) is 0 Å². The van der Waals surface area contributed by atoms with Gasteiger partial charge in [-0.25, -0.2) is 0 Å². The van der Waals surface area contributed by atoms with Crippen LogP contribution in [0.25, 0.3) is 0 Å². The number of thiophene rings is 1. The molecule has 122 valence electrons. The summed E-state index contributed by atoms with van der Waals surface area (Å²) in [4.78, 5) is 28.2. The first-order valence-electron chi connectivity index (χ1n) is 7.27. The van der Waals surface area contributed by atoms with Crippen molar-refractivity contribution in [2.45, 2.75) is 19.4 Å². The average molecular weight is 351 g/mol. The van der Waals surface area contributed by atoms with Gasteiger partial charge in [0.2, 0.25) is 22.1 Å². The number of amides is 2. The molecule has 3 heterocycles. The molecule has 3 rings (SSSR count). The normalized spacial score (nSPS) is 14.3. The van der Waals surface area contributed by atoms with Crippen molar-refractivity contribution in [2.24, 2.45) is 0 Å². The Morgan fingerprint density at radius 2 is 2.35 bits per heavy atom. The maximum Gasteiger partial charge on any atom is 0.239 e. The Kier molecular flexibility index (Phi) is 4.87. The molecule has 7 nitrogen and oxygen atoms in total. The molecule has 0 atom stereocenters. The van der Waals surface area contributed by atoms with E-state index in [2.05, 4.69) is 15.5 Å². The van der Waals surface area contributed by atoms with Crippen LogP contribution < -0.4 is 15.1 Å². The fourth-order valence-electron chi connectivity index (χ4n) is 2.26. The summed E-state index contributed by atoms with van der Waals surface area (Å²) in [5.41, 5.74) is 0. The Morgan fingerprint density at radius 1 is 1.48 bits per heavy atom. The molecule has 0 radical (unpaired) electrons. The van der Waals surface area contributed by atoms with Gasteiger partial charge < -0.3 is 10.2 Å². The molecule has 0 aliphatic carbocycles. The number of carbonyl (C=O) groups is 2. The van der Waals surface area contributed by atoms with Crippen molar-refractivity contribution < 1.29 is 9.59 Å². The maximum absolute atomic E-state index is 12.0. The third-order valence-corrected chi connectivity index (χ3v) is 5.39. The molecule has 2 aromatic rings. The molecule has 1 saturated heterocycles. The van der Waals surface area contributed by atoms with E-state index in [-0.39, 0.29) is 18.4 Å². The van der Waals surface area contributed by atoms with Gasteiger partial charge in [0.1, 0.15) is 0 Å². The van der Waals surface area contributed by atoms with E-state index in [1.165, 1.54) is 11.3 Å². The summed E-state index contributed by atoms with van der Waals surface area (Å²) in [5, 5.41) is 14.2. The second-order valence-electron chi connectivity index (χ2n) is 5.23. The van der Waals surface area contributed by atoms with Crippen molar-refractivity contribution in [3.63, 3.8) is 0 Å². The number of aromatic nitrogens is 2. The summed E-state index contributed by atoms with van der Waals surface area (Å²) >= 11 is 2.94. The highest BCUT2D eigenvalue weighted by Gasteiger charge is 2.25. The van der Waals surface area contributed by atoms with Gasteiger partial charge in [0.15, 0.2) is 0 Å². The molecule has 0 saturated carbocycles. The predicted octanol–water partition coefficient (Wildman–Crippen LogP) is 1.48. The van der Waals surface area contributed by atoms with Gasteiger partial charge in [-0.3, -0.25) is 14.5 Å². The Bertz CT molecular complexity index is 685. The van der Waals surface area contributed by atoms with E-state index in [1.54, 1.807) is 28.2 Å². The fraction of sp³-hybridized carbons (Fsp3) is 0.429. The van der Waals surface area contributed by atoms with Crippen LogP contribution in [0.4, 0.5) is 10.3 Å². The molecule has 1 aliphatic rings. The topological polar surface area (TPSA) is 78.4 Å². The van der Waals surface area contributed by atoms with Gasteiger partial charge in [0, 0.05) is 24.9 Å². The van der Waals surface area contributed by atoms with Crippen molar-refractivity contribution in [2.75, 3.05) is 29.9 Å². The highest BCUT2D eigenvalue weighted by Crippen LogP contribution is 2.29. The molecule has 9 heteroatoms. The number of hydrogen-bond acceptors (Lipinski definition) is 7. The number of nitrogens with zero attached hydrogens (tertiary/aromatic N) is 4. The molecule has 0 spiro atoms. The monoisotopic (exact) mass is 351 g/mol. The number of rotatable bonds is 6. The molecule has 0 bridgehead atoms. The number of likely N-dealkylation sites (N-methyl/N-ethyl adjacent to an activating group) is 1. The van der Waals surface area contributed by atoms with Crippen LogP contribution in [-0.2, 0) is 16.1 Å². The molecular formula is C14H17N5O2S2. The van der Waals surface area contributed by atoms with Gasteiger partial charge in [-0.1, -0.05) is 17.4 Å². The van der Waals surface area contributed by atoms with Crippen molar-refractivity contribution in [3.05, 3.63) is 22.4 Å². The van der Waals surface area contributed by atoms with Crippen molar-refractivity contribution in [1.29, 1.82) is 0 Å². The highest BCUT2D eigenvalue weighted by atomic mass is 32.1. The van der Waals surface area contributed by atoms with Crippen LogP contribution in [0.5, 0.6) is 0 Å². The molecule has 2 aromatic heterocycles. The predicted molar refractivity (Wildman–Crippen MR) is 90.9 cm³/mol. The summed E-state index contributed by atoms with van der Waals surface area (Å²) in [7, 11) is 1.79. The van der Waals surface area contributed by atoms with E-state index in [0.29, 0.717) is 29.8 Å². The lowest BCUT2D eigenvalue weighted by atomic mass is 10.4. The standard InChI is InChI=1S/C14H17N5O2S2/c1-18(9-11(20)15-8-10-4-3-7-22-10)13-16-17-14(23-13)19-6-2-5-12(19)21/h3-4,7H,2,5-6,8-9H2,1H3,(H,15,20). The van der Waals surface area contributed by atoms with Crippen molar-refractivity contribution >= 4 is 44.8 Å². The molecule has 1 aliphatic heterocycles. The lowest BCUT2D eigenvalue weighted by Crippen LogP contribution is -2.34. The third-order valence-electron chi connectivity index (χ3n) is 3.46. The smallest absolute Gasteiger partial charge is 0.239 e. The first kappa shape index (κ1) is 15.9. The van der Waals surface area contributed by atoms with Crippen molar-refractivity contribution in [1.82, 2.24) is 15.5 Å². The molecule has 0 aromatic carbocycles. The lowest BCUT2D eigenvalue weighted by molar-refractivity contribution is -0.120. The van der Waals surface area contributed by atoms with Gasteiger partial charge in [-0.05, 0) is 17.9 Å².